The van der Waals surface area contributed by atoms with Crippen LogP contribution >= 0.6 is 0 Å². The molecule has 0 atom stereocenters. The largest absolute Gasteiger partial charge is 0.316 e. The van der Waals surface area contributed by atoms with Crippen molar-refractivity contribution in [2.75, 3.05) is 11.9 Å². The van der Waals surface area contributed by atoms with Gasteiger partial charge in [-0.15, -0.1) is 0 Å². The number of carbonyl (C=O) groups is 2. The van der Waals surface area contributed by atoms with E-state index in [4.69, 9.17) is 0 Å². The molecular weight excluding hydrogens is 346 g/mol. The lowest BCUT2D eigenvalue weighted by Crippen LogP contribution is -2.24. The Morgan fingerprint density at radius 1 is 0.786 bits per heavy atom. The third-order valence-electron chi connectivity index (χ3n) is 4.95. The Hall–Kier alpha value is -3.20. The molecule has 1 amide bonds. The molecule has 0 aromatic heterocycles. The van der Waals surface area contributed by atoms with Crippen LogP contribution < -0.4 is 4.90 Å². The average molecular weight is 371 g/mol. The SMILES string of the molecule is CCC(=O)N(C)c1ccc(-c2ccc(C(=O)CCc3ccccc3)cc2)cc1. The van der Waals surface area contributed by atoms with Gasteiger partial charge in [0.1, 0.15) is 0 Å². The third-order valence-corrected chi connectivity index (χ3v) is 4.95. The molecule has 0 bridgehead atoms. The summed E-state index contributed by atoms with van der Waals surface area (Å²) in [5.74, 6) is 0.247. The van der Waals surface area contributed by atoms with Crippen molar-refractivity contribution in [1.29, 1.82) is 0 Å². The molecule has 3 aromatic rings. The molecule has 28 heavy (non-hydrogen) atoms. The van der Waals surface area contributed by atoms with E-state index in [2.05, 4.69) is 0 Å². The summed E-state index contributed by atoms with van der Waals surface area (Å²) in [4.78, 5) is 25.9. The molecule has 0 saturated carbocycles. The molecule has 0 aliphatic rings. The van der Waals surface area contributed by atoms with E-state index < -0.39 is 0 Å². The molecule has 3 rings (SSSR count). The molecule has 3 aromatic carbocycles. The van der Waals surface area contributed by atoms with Gasteiger partial charge in [-0.1, -0.05) is 73.7 Å². The van der Waals surface area contributed by atoms with E-state index in [1.807, 2.05) is 85.8 Å². The highest BCUT2D eigenvalue weighted by Crippen LogP contribution is 2.24. The van der Waals surface area contributed by atoms with E-state index in [-0.39, 0.29) is 11.7 Å². The fraction of sp³-hybridized carbons (Fsp3) is 0.200. The number of aryl methyl sites for hydroxylation is 1. The molecule has 142 valence electrons. The van der Waals surface area contributed by atoms with Gasteiger partial charge in [0.15, 0.2) is 5.78 Å². The molecule has 3 nitrogen and oxygen atoms in total. The predicted molar refractivity (Wildman–Crippen MR) is 115 cm³/mol. The highest BCUT2D eigenvalue weighted by atomic mass is 16.2. The van der Waals surface area contributed by atoms with Gasteiger partial charge >= 0.3 is 0 Å². The molecule has 0 saturated heterocycles. The number of amides is 1. The van der Waals surface area contributed by atoms with Crippen molar-refractivity contribution < 1.29 is 9.59 Å². The van der Waals surface area contributed by atoms with Crippen LogP contribution in [0.5, 0.6) is 0 Å². The Kier molecular flexibility index (Phi) is 6.38. The maximum Gasteiger partial charge on any atom is 0.226 e. The molecule has 0 radical (unpaired) electrons. The van der Waals surface area contributed by atoms with Crippen molar-refractivity contribution >= 4 is 17.4 Å². The minimum absolute atomic E-state index is 0.0890. The molecule has 3 heteroatoms. The Morgan fingerprint density at radius 2 is 1.36 bits per heavy atom. The van der Waals surface area contributed by atoms with E-state index in [0.717, 1.165) is 28.8 Å². The van der Waals surface area contributed by atoms with Crippen LogP contribution in [0.15, 0.2) is 78.9 Å². The number of ketones is 1. The summed E-state index contributed by atoms with van der Waals surface area (Å²) in [6.07, 6.45) is 1.75. The van der Waals surface area contributed by atoms with E-state index in [9.17, 15) is 9.59 Å². The van der Waals surface area contributed by atoms with Gasteiger partial charge in [-0.25, -0.2) is 0 Å². The lowest BCUT2D eigenvalue weighted by atomic mass is 9.99. The molecule has 0 aliphatic heterocycles. The number of rotatable bonds is 7. The van der Waals surface area contributed by atoms with Gasteiger partial charge in [0.2, 0.25) is 5.91 Å². The molecule has 0 spiro atoms. The van der Waals surface area contributed by atoms with Crippen molar-refractivity contribution in [3.63, 3.8) is 0 Å². The van der Waals surface area contributed by atoms with Gasteiger partial charge in [0.25, 0.3) is 0 Å². The summed E-state index contributed by atoms with van der Waals surface area (Å²) >= 11 is 0. The van der Waals surface area contributed by atoms with Crippen LogP contribution in [0.2, 0.25) is 0 Å². The first kappa shape index (κ1) is 19.6. The van der Waals surface area contributed by atoms with Crippen molar-refractivity contribution in [1.82, 2.24) is 0 Å². The topological polar surface area (TPSA) is 37.4 Å². The van der Waals surface area contributed by atoms with Crippen molar-refractivity contribution in [3.8, 4) is 11.1 Å². The first-order chi connectivity index (χ1) is 13.6. The maximum atomic E-state index is 12.4. The summed E-state index contributed by atoms with van der Waals surface area (Å²) in [7, 11) is 1.79. The molecule has 0 aliphatic carbocycles. The number of benzene rings is 3. The molecule has 0 unspecified atom stereocenters. The van der Waals surface area contributed by atoms with Gasteiger partial charge in [0, 0.05) is 31.1 Å². The van der Waals surface area contributed by atoms with Gasteiger partial charge in [-0.2, -0.15) is 0 Å². The van der Waals surface area contributed by atoms with Crippen LogP contribution in [0, 0.1) is 0 Å². The Bertz CT molecular complexity index is 929. The van der Waals surface area contributed by atoms with Crippen LogP contribution in [-0.4, -0.2) is 18.7 Å². The number of hydrogen-bond acceptors (Lipinski definition) is 2. The first-order valence-corrected chi connectivity index (χ1v) is 9.62. The summed E-state index contributed by atoms with van der Waals surface area (Å²) in [6.45, 7) is 1.86. The Morgan fingerprint density at radius 3 is 1.93 bits per heavy atom. The van der Waals surface area contributed by atoms with Gasteiger partial charge in [-0.3, -0.25) is 9.59 Å². The van der Waals surface area contributed by atoms with E-state index >= 15 is 0 Å². The number of nitrogens with zero attached hydrogens (tertiary/aromatic N) is 1. The van der Waals surface area contributed by atoms with Gasteiger partial charge < -0.3 is 4.90 Å². The van der Waals surface area contributed by atoms with Crippen LogP contribution in [0.1, 0.15) is 35.7 Å². The monoisotopic (exact) mass is 371 g/mol. The zero-order valence-electron chi connectivity index (χ0n) is 16.4. The minimum Gasteiger partial charge on any atom is -0.316 e. The van der Waals surface area contributed by atoms with E-state index in [1.54, 1.807) is 11.9 Å². The minimum atomic E-state index is 0.0890. The molecule has 0 heterocycles. The summed E-state index contributed by atoms with van der Waals surface area (Å²) < 4.78 is 0. The van der Waals surface area contributed by atoms with Crippen molar-refractivity contribution in [3.05, 3.63) is 90.0 Å². The number of hydrogen-bond donors (Lipinski definition) is 0. The second-order valence-electron chi connectivity index (χ2n) is 6.84. The van der Waals surface area contributed by atoms with Gasteiger partial charge in [0.05, 0.1) is 0 Å². The summed E-state index contributed by atoms with van der Waals surface area (Å²) in [5.41, 5.74) is 4.91. The Balaban J connectivity index is 1.65. The normalized spacial score (nSPS) is 10.5. The second kappa shape index (κ2) is 9.14. The number of carbonyl (C=O) groups excluding carboxylic acids is 2. The van der Waals surface area contributed by atoms with Crippen LogP contribution in [-0.2, 0) is 11.2 Å². The van der Waals surface area contributed by atoms with Crippen molar-refractivity contribution in [2.45, 2.75) is 26.2 Å². The van der Waals surface area contributed by atoms with Crippen LogP contribution in [0.3, 0.4) is 0 Å². The number of anilines is 1. The van der Waals surface area contributed by atoms with Crippen molar-refractivity contribution in [2.24, 2.45) is 0 Å². The quantitative estimate of drug-likeness (QED) is 0.511. The number of Topliss-reactive ketones (excluding diaryl/α,β-unsaturated/α-hetero) is 1. The van der Waals surface area contributed by atoms with Crippen LogP contribution in [0.25, 0.3) is 11.1 Å². The highest BCUT2D eigenvalue weighted by molar-refractivity contribution is 5.96. The zero-order chi connectivity index (χ0) is 19.9. The third kappa shape index (κ3) is 4.74. The molecule has 0 N–H and O–H groups in total. The highest BCUT2D eigenvalue weighted by Gasteiger charge is 2.09. The average Bonchev–Trinajstić information content (AvgIpc) is 2.77. The summed E-state index contributed by atoms with van der Waals surface area (Å²) in [6, 6.07) is 25.7. The lowest BCUT2D eigenvalue weighted by Gasteiger charge is -2.16. The zero-order valence-corrected chi connectivity index (χ0v) is 16.4. The molecular formula is C25H25NO2. The predicted octanol–water partition coefficient (Wildman–Crippen LogP) is 5.54. The van der Waals surface area contributed by atoms with Crippen LogP contribution in [0.4, 0.5) is 5.69 Å². The fourth-order valence-electron chi connectivity index (χ4n) is 3.15. The first-order valence-electron chi connectivity index (χ1n) is 9.62. The fourth-order valence-corrected chi connectivity index (χ4v) is 3.15. The van der Waals surface area contributed by atoms with Gasteiger partial charge in [-0.05, 0) is 35.2 Å². The maximum absolute atomic E-state index is 12.4. The second-order valence-corrected chi connectivity index (χ2v) is 6.84. The lowest BCUT2D eigenvalue weighted by molar-refractivity contribution is -0.118. The standard InChI is InChI=1S/C25H25NO2/c1-3-25(28)26(2)23-16-14-21(15-17-23)20-10-12-22(13-11-20)24(27)18-9-19-7-5-4-6-8-19/h4-8,10-17H,3,9,18H2,1-2H3. The Labute approximate surface area is 166 Å². The smallest absolute Gasteiger partial charge is 0.226 e. The van der Waals surface area contributed by atoms with E-state index in [1.165, 1.54) is 5.56 Å². The van der Waals surface area contributed by atoms with E-state index in [0.29, 0.717) is 12.8 Å². The molecule has 0 fully saturated rings. The summed E-state index contributed by atoms with van der Waals surface area (Å²) in [5, 5.41) is 0.